The Bertz CT molecular complexity index is 571. The van der Waals surface area contributed by atoms with Crippen molar-refractivity contribution < 1.29 is 14.6 Å². The molecule has 1 aliphatic heterocycles. The fraction of sp³-hybridized carbons (Fsp3) is 0.611. The van der Waals surface area contributed by atoms with Crippen LogP contribution in [-0.2, 0) is 4.79 Å². The predicted molar refractivity (Wildman–Crippen MR) is 97.0 cm³/mol. The highest BCUT2D eigenvalue weighted by atomic mass is 16.5. The average Bonchev–Trinajstić information content (AvgIpc) is 2.60. The number of ether oxygens (including phenoxy) is 1. The van der Waals surface area contributed by atoms with Gasteiger partial charge in [-0.1, -0.05) is 6.08 Å². The Labute approximate surface area is 149 Å². The molecule has 0 bridgehead atoms. The van der Waals surface area contributed by atoms with Gasteiger partial charge in [-0.25, -0.2) is 0 Å². The van der Waals surface area contributed by atoms with Crippen molar-refractivity contribution in [2.24, 2.45) is 5.92 Å². The Morgan fingerprint density at radius 2 is 2.20 bits per heavy atom. The largest absolute Gasteiger partial charge is 0.481 e. The number of aliphatic carboxylic acids is 1. The summed E-state index contributed by atoms with van der Waals surface area (Å²) in [7, 11) is 3.82. The van der Waals surface area contributed by atoms with Gasteiger partial charge in [-0.2, -0.15) is 4.98 Å². The number of anilines is 1. The number of carboxylic acid groups (broad SMARTS) is 1. The number of aromatic nitrogens is 2. The van der Waals surface area contributed by atoms with Crippen LogP contribution in [0.2, 0.25) is 0 Å². The van der Waals surface area contributed by atoms with Crippen LogP contribution in [0, 0.1) is 5.92 Å². The molecule has 7 heteroatoms. The minimum absolute atomic E-state index is 0.0221. The fourth-order valence-electron chi connectivity index (χ4n) is 2.92. The van der Waals surface area contributed by atoms with Crippen LogP contribution in [0.5, 0.6) is 5.88 Å². The summed E-state index contributed by atoms with van der Waals surface area (Å²) >= 11 is 0. The summed E-state index contributed by atoms with van der Waals surface area (Å²) in [6, 6.07) is 0. The van der Waals surface area contributed by atoms with Crippen LogP contribution < -0.4 is 9.64 Å². The van der Waals surface area contributed by atoms with Gasteiger partial charge in [-0.3, -0.25) is 14.7 Å². The van der Waals surface area contributed by atoms with Gasteiger partial charge in [0.15, 0.2) is 5.82 Å². The summed E-state index contributed by atoms with van der Waals surface area (Å²) in [5, 5.41) is 9.11. The Morgan fingerprint density at radius 1 is 1.48 bits per heavy atom. The van der Waals surface area contributed by atoms with Crippen molar-refractivity contribution >= 4 is 11.8 Å². The standard InChI is InChI=1S/C18H28N4O3/c1-4-5-6-15(13-22-9-7-14(8-10-22)18(23)24)25-17-12-19-11-16(20-17)21(2)3/h4,11-12,14-15H,1,5-10,13H2,2-3H3,(H,23,24)/t15-/m0/s1. The second kappa shape index (κ2) is 9.36. The number of rotatable bonds is 9. The lowest BCUT2D eigenvalue weighted by molar-refractivity contribution is -0.143. The van der Waals surface area contributed by atoms with E-state index in [0.29, 0.717) is 18.7 Å². The third kappa shape index (κ3) is 6.01. The molecule has 0 spiro atoms. The first-order valence-electron chi connectivity index (χ1n) is 8.71. The molecule has 2 rings (SSSR count). The molecule has 138 valence electrons. The monoisotopic (exact) mass is 348 g/mol. The number of carbonyl (C=O) groups is 1. The molecule has 0 aromatic carbocycles. The molecule has 1 aromatic rings. The SMILES string of the molecule is C=CCC[C@@H](CN1CCC(C(=O)O)CC1)Oc1cncc(N(C)C)n1. The van der Waals surface area contributed by atoms with E-state index < -0.39 is 5.97 Å². The molecule has 1 N–H and O–H groups in total. The smallest absolute Gasteiger partial charge is 0.306 e. The van der Waals surface area contributed by atoms with Crippen LogP contribution in [-0.4, -0.2) is 65.8 Å². The summed E-state index contributed by atoms with van der Waals surface area (Å²) < 4.78 is 6.08. The molecule has 1 aromatic heterocycles. The molecule has 1 saturated heterocycles. The van der Waals surface area contributed by atoms with Gasteiger partial charge in [0.05, 0.1) is 18.3 Å². The van der Waals surface area contributed by atoms with Crippen molar-refractivity contribution in [1.82, 2.24) is 14.9 Å². The predicted octanol–water partition coefficient (Wildman–Crippen LogP) is 2.05. The lowest BCUT2D eigenvalue weighted by Crippen LogP contribution is -2.42. The average molecular weight is 348 g/mol. The van der Waals surface area contributed by atoms with Crippen LogP contribution in [0.1, 0.15) is 25.7 Å². The van der Waals surface area contributed by atoms with Gasteiger partial charge in [-0.15, -0.1) is 6.58 Å². The third-order valence-corrected chi connectivity index (χ3v) is 4.44. The zero-order valence-corrected chi connectivity index (χ0v) is 15.1. The summed E-state index contributed by atoms with van der Waals surface area (Å²) in [5.41, 5.74) is 0. The topological polar surface area (TPSA) is 78.8 Å². The van der Waals surface area contributed by atoms with Gasteiger partial charge in [0, 0.05) is 20.6 Å². The van der Waals surface area contributed by atoms with Crippen LogP contribution in [0.15, 0.2) is 25.0 Å². The number of nitrogens with zero attached hydrogens (tertiary/aromatic N) is 4. The summed E-state index contributed by atoms with van der Waals surface area (Å²) in [6.07, 6.45) is 8.28. The highest BCUT2D eigenvalue weighted by Gasteiger charge is 2.26. The lowest BCUT2D eigenvalue weighted by Gasteiger charge is -2.32. The van der Waals surface area contributed by atoms with E-state index in [0.717, 1.165) is 38.3 Å². The fourth-order valence-corrected chi connectivity index (χ4v) is 2.92. The first-order valence-corrected chi connectivity index (χ1v) is 8.71. The minimum atomic E-state index is -0.685. The van der Waals surface area contributed by atoms with Gasteiger partial charge >= 0.3 is 5.97 Å². The van der Waals surface area contributed by atoms with Gasteiger partial charge < -0.3 is 14.7 Å². The minimum Gasteiger partial charge on any atom is -0.481 e. The maximum Gasteiger partial charge on any atom is 0.306 e. The zero-order valence-electron chi connectivity index (χ0n) is 15.1. The molecule has 1 aliphatic rings. The molecule has 7 nitrogen and oxygen atoms in total. The molecule has 25 heavy (non-hydrogen) atoms. The molecule has 2 heterocycles. The molecule has 0 aliphatic carbocycles. The zero-order chi connectivity index (χ0) is 18.2. The van der Waals surface area contributed by atoms with Crippen molar-refractivity contribution in [3.63, 3.8) is 0 Å². The Morgan fingerprint density at radius 3 is 2.80 bits per heavy atom. The number of hydrogen-bond donors (Lipinski definition) is 1. The van der Waals surface area contributed by atoms with Crippen LogP contribution in [0.4, 0.5) is 5.82 Å². The molecule has 1 fully saturated rings. The van der Waals surface area contributed by atoms with Crippen molar-refractivity contribution in [2.75, 3.05) is 38.6 Å². The Kier molecular flexibility index (Phi) is 7.18. The maximum absolute atomic E-state index is 11.1. The quantitative estimate of drug-likeness (QED) is 0.684. The molecular weight excluding hydrogens is 320 g/mol. The first-order chi connectivity index (χ1) is 12.0. The van der Waals surface area contributed by atoms with E-state index in [1.54, 1.807) is 12.4 Å². The molecule has 0 saturated carbocycles. The van der Waals surface area contributed by atoms with Gasteiger partial charge in [0.25, 0.3) is 0 Å². The highest BCUT2D eigenvalue weighted by Crippen LogP contribution is 2.20. The van der Waals surface area contributed by atoms with E-state index in [2.05, 4.69) is 21.4 Å². The van der Waals surface area contributed by atoms with Crippen LogP contribution in [0.25, 0.3) is 0 Å². The van der Waals surface area contributed by atoms with E-state index >= 15 is 0 Å². The number of likely N-dealkylation sites (tertiary alicyclic amines) is 1. The molecule has 0 unspecified atom stereocenters. The second-order valence-corrected chi connectivity index (χ2v) is 6.63. The van der Waals surface area contributed by atoms with E-state index in [4.69, 9.17) is 9.84 Å². The van der Waals surface area contributed by atoms with Gasteiger partial charge in [0.1, 0.15) is 6.10 Å². The van der Waals surface area contributed by atoms with E-state index in [-0.39, 0.29) is 12.0 Å². The number of carboxylic acids is 1. The van der Waals surface area contributed by atoms with E-state index in [1.807, 2.05) is 25.1 Å². The Hall–Kier alpha value is -2.15. The summed E-state index contributed by atoms with van der Waals surface area (Å²) in [4.78, 5) is 23.9. The van der Waals surface area contributed by atoms with Crippen LogP contribution in [0.3, 0.4) is 0 Å². The van der Waals surface area contributed by atoms with Gasteiger partial charge in [-0.05, 0) is 38.8 Å². The van der Waals surface area contributed by atoms with E-state index in [9.17, 15) is 4.79 Å². The summed E-state index contributed by atoms with van der Waals surface area (Å²) in [6.45, 7) is 6.11. The number of allylic oxidation sites excluding steroid dienone is 1. The molecule has 0 amide bonds. The third-order valence-electron chi connectivity index (χ3n) is 4.44. The number of hydrogen-bond acceptors (Lipinski definition) is 6. The summed E-state index contributed by atoms with van der Waals surface area (Å²) in [5.74, 6) is 0.365. The molecule has 0 radical (unpaired) electrons. The van der Waals surface area contributed by atoms with Crippen LogP contribution >= 0.6 is 0 Å². The Balaban J connectivity index is 1.95. The number of piperidine rings is 1. The van der Waals surface area contributed by atoms with Gasteiger partial charge in [0.2, 0.25) is 5.88 Å². The normalized spacial score (nSPS) is 17.0. The van der Waals surface area contributed by atoms with Crippen molar-refractivity contribution in [3.8, 4) is 5.88 Å². The van der Waals surface area contributed by atoms with Crippen molar-refractivity contribution in [3.05, 3.63) is 25.0 Å². The molecular formula is C18H28N4O3. The maximum atomic E-state index is 11.1. The first kappa shape index (κ1) is 19.2. The van der Waals surface area contributed by atoms with Crippen molar-refractivity contribution in [2.45, 2.75) is 31.8 Å². The lowest BCUT2D eigenvalue weighted by atomic mass is 9.97. The molecule has 1 atom stereocenters. The van der Waals surface area contributed by atoms with Crippen molar-refractivity contribution in [1.29, 1.82) is 0 Å². The second-order valence-electron chi connectivity index (χ2n) is 6.63. The highest BCUT2D eigenvalue weighted by molar-refractivity contribution is 5.70. The van der Waals surface area contributed by atoms with E-state index in [1.165, 1.54) is 0 Å².